The first-order valence-electron chi connectivity index (χ1n) is 8.99. The number of amides is 1. The van der Waals surface area contributed by atoms with E-state index in [0.717, 1.165) is 30.9 Å². The van der Waals surface area contributed by atoms with Crippen LogP contribution in [0.4, 0.5) is 4.39 Å². The lowest BCUT2D eigenvalue weighted by molar-refractivity contribution is -0.148. The molecule has 0 heterocycles. The van der Waals surface area contributed by atoms with Crippen LogP contribution in [0.2, 0.25) is 0 Å². The highest BCUT2D eigenvalue weighted by molar-refractivity contribution is 5.89. The Morgan fingerprint density at radius 2 is 1.93 bits per heavy atom. The van der Waals surface area contributed by atoms with Gasteiger partial charge in [-0.1, -0.05) is 42.5 Å². The van der Waals surface area contributed by atoms with E-state index in [0.29, 0.717) is 0 Å². The van der Waals surface area contributed by atoms with Crippen molar-refractivity contribution in [3.05, 3.63) is 77.1 Å². The van der Waals surface area contributed by atoms with Gasteiger partial charge in [0.1, 0.15) is 5.82 Å². The van der Waals surface area contributed by atoms with Crippen molar-refractivity contribution in [2.45, 2.75) is 25.3 Å². The number of carbonyl (C=O) groups is 2. The standard InChI is InChI=1S/C22H22FNO3/c1-24(20-12-6-9-16-7-2-4-10-18(16)20)21(25)15-27-22(26)14-13-17-8-3-5-11-19(17)23/h2-5,7-8,10-11,13-14,20H,6,9,12,15H2,1H3/b14-13+/t20-/m0/s1. The van der Waals surface area contributed by atoms with Crippen LogP contribution < -0.4 is 0 Å². The highest BCUT2D eigenvalue weighted by Crippen LogP contribution is 2.33. The highest BCUT2D eigenvalue weighted by atomic mass is 19.1. The molecule has 1 aliphatic carbocycles. The first-order valence-corrected chi connectivity index (χ1v) is 8.99. The lowest BCUT2D eigenvalue weighted by Gasteiger charge is -2.33. The molecule has 3 rings (SSSR count). The summed E-state index contributed by atoms with van der Waals surface area (Å²) in [6.07, 6.45) is 5.39. The summed E-state index contributed by atoms with van der Waals surface area (Å²) in [5, 5.41) is 0. The average molecular weight is 367 g/mol. The van der Waals surface area contributed by atoms with E-state index >= 15 is 0 Å². The third-order valence-corrected chi connectivity index (χ3v) is 4.84. The minimum Gasteiger partial charge on any atom is -0.452 e. The molecule has 5 heteroatoms. The maximum Gasteiger partial charge on any atom is 0.331 e. The Balaban J connectivity index is 1.56. The Hall–Kier alpha value is -2.95. The van der Waals surface area contributed by atoms with Crippen molar-refractivity contribution in [2.24, 2.45) is 0 Å². The number of ether oxygens (including phenoxy) is 1. The largest absolute Gasteiger partial charge is 0.452 e. The summed E-state index contributed by atoms with van der Waals surface area (Å²) >= 11 is 0. The number of halogens is 1. The lowest BCUT2D eigenvalue weighted by atomic mass is 9.87. The minimum absolute atomic E-state index is 0.00453. The van der Waals surface area contributed by atoms with Gasteiger partial charge in [0.15, 0.2) is 6.61 Å². The van der Waals surface area contributed by atoms with Crippen LogP contribution in [0.25, 0.3) is 6.08 Å². The predicted molar refractivity (Wildman–Crippen MR) is 101 cm³/mol. The van der Waals surface area contributed by atoms with Crippen molar-refractivity contribution in [3.8, 4) is 0 Å². The van der Waals surface area contributed by atoms with E-state index in [1.54, 1.807) is 30.1 Å². The van der Waals surface area contributed by atoms with Gasteiger partial charge in [0.25, 0.3) is 5.91 Å². The lowest BCUT2D eigenvalue weighted by Crippen LogP contribution is -2.36. The first-order chi connectivity index (χ1) is 13.1. The summed E-state index contributed by atoms with van der Waals surface area (Å²) in [6, 6.07) is 14.2. The molecule has 0 aromatic heterocycles. The number of hydrogen-bond acceptors (Lipinski definition) is 3. The number of nitrogens with zero attached hydrogens (tertiary/aromatic N) is 1. The fraction of sp³-hybridized carbons (Fsp3) is 0.273. The Labute approximate surface area is 158 Å². The average Bonchev–Trinajstić information content (AvgIpc) is 2.70. The molecule has 1 atom stereocenters. The molecule has 0 fully saturated rings. The van der Waals surface area contributed by atoms with Crippen LogP contribution in [0.3, 0.4) is 0 Å². The minimum atomic E-state index is -0.677. The molecule has 0 spiro atoms. The van der Waals surface area contributed by atoms with Gasteiger partial charge in [0, 0.05) is 18.7 Å². The van der Waals surface area contributed by atoms with Gasteiger partial charge < -0.3 is 9.64 Å². The van der Waals surface area contributed by atoms with Gasteiger partial charge in [-0.2, -0.15) is 0 Å². The molecular weight excluding hydrogens is 345 g/mol. The number of aryl methyl sites for hydroxylation is 1. The Morgan fingerprint density at radius 3 is 2.74 bits per heavy atom. The second-order valence-corrected chi connectivity index (χ2v) is 6.57. The summed E-state index contributed by atoms with van der Waals surface area (Å²) < 4.78 is 18.5. The van der Waals surface area contributed by atoms with E-state index in [9.17, 15) is 14.0 Å². The van der Waals surface area contributed by atoms with Crippen molar-refractivity contribution in [2.75, 3.05) is 13.7 Å². The Bertz CT molecular complexity index is 862. The van der Waals surface area contributed by atoms with E-state index in [1.807, 2.05) is 18.2 Å². The molecule has 0 radical (unpaired) electrons. The summed E-state index contributed by atoms with van der Waals surface area (Å²) in [7, 11) is 1.73. The fourth-order valence-corrected chi connectivity index (χ4v) is 3.36. The molecule has 27 heavy (non-hydrogen) atoms. The smallest absolute Gasteiger partial charge is 0.331 e. The SMILES string of the molecule is CN(C(=O)COC(=O)/C=C/c1ccccc1F)[C@H]1CCCc2ccccc21. The third kappa shape index (κ3) is 4.61. The molecule has 0 saturated carbocycles. The molecule has 2 aromatic rings. The predicted octanol–water partition coefficient (Wildman–Crippen LogP) is 3.92. The molecule has 0 saturated heterocycles. The number of fused-ring (bicyclic) bond motifs is 1. The van der Waals surface area contributed by atoms with Crippen LogP contribution in [-0.4, -0.2) is 30.4 Å². The van der Waals surface area contributed by atoms with Crippen molar-refractivity contribution in [1.29, 1.82) is 0 Å². The van der Waals surface area contributed by atoms with Crippen LogP contribution in [0, 0.1) is 5.82 Å². The van der Waals surface area contributed by atoms with Gasteiger partial charge in [0.05, 0.1) is 6.04 Å². The van der Waals surface area contributed by atoms with Gasteiger partial charge in [-0.3, -0.25) is 4.79 Å². The molecule has 0 bridgehead atoms. The maximum atomic E-state index is 13.5. The zero-order valence-corrected chi connectivity index (χ0v) is 15.2. The van der Waals surface area contributed by atoms with Crippen LogP contribution >= 0.6 is 0 Å². The van der Waals surface area contributed by atoms with E-state index < -0.39 is 11.8 Å². The first kappa shape index (κ1) is 18.8. The number of benzene rings is 2. The van der Waals surface area contributed by atoms with E-state index in [2.05, 4.69) is 6.07 Å². The number of rotatable bonds is 5. The second-order valence-electron chi connectivity index (χ2n) is 6.57. The number of hydrogen-bond donors (Lipinski definition) is 0. The van der Waals surface area contributed by atoms with E-state index in [1.165, 1.54) is 17.7 Å². The van der Waals surface area contributed by atoms with Crippen molar-refractivity contribution < 1.29 is 18.7 Å². The third-order valence-electron chi connectivity index (χ3n) is 4.84. The Morgan fingerprint density at radius 1 is 1.19 bits per heavy atom. The number of esters is 1. The van der Waals surface area contributed by atoms with Gasteiger partial charge in [-0.05, 0) is 42.5 Å². The van der Waals surface area contributed by atoms with Gasteiger partial charge in [0.2, 0.25) is 0 Å². The van der Waals surface area contributed by atoms with Crippen molar-refractivity contribution >= 4 is 18.0 Å². The van der Waals surface area contributed by atoms with Crippen molar-refractivity contribution in [3.63, 3.8) is 0 Å². The number of likely N-dealkylation sites (N-methyl/N-ethyl adjacent to an activating group) is 1. The quantitative estimate of drug-likeness (QED) is 0.594. The van der Waals surface area contributed by atoms with Crippen LogP contribution in [-0.2, 0) is 20.7 Å². The summed E-state index contributed by atoms with van der Waals surface area (Å²) in [4.78, 5) is 25.9. The molecule has 140 valence electrons. The highest BCUT2D eigenvalue weighted by Gasteiger charge is 2.26. The molecule has 1 aliphatic rings. The molecule has 0 N–H and O–H groups in total. The van der Waals surface area contributed by atoms with E-state index in [-0.39, 0.29) is 24.1 Å². The summed E-state index contributed by atoms with van der Waals surface area (Å²) in [6.45, 7) is -0.338. The molecule has 1 amide bonds. The molecule has 4 nitrogen and oxygen atoms in total. The normalized spacial score (nSPS) is 16.0. The maximum absolute atomic E-state index is 13.5. The number of carbonyl (C=O) groups excluding carboxylic acids is 2. The van der Waals surface area contributed by atoms with Gasteiger partial charge in [-0.25, -0.2) is 9.18 Å². The molecule has 2 aromatic carbocycles. The summed E-state index contributed by atoms with van der Waals surface area (Å²) in [5.41, 5.74) is 2.71. The van der Waals surface area contributed by atoms with Crippen molar-refractivity contribution in [1.82, 2.24) is 4.90 Å². The molecular formula is C22H22FNO3. The second kappa shape index (κ2) is 8.62. The fourth-order valence-electron chi connectivity index (χ4n) is 3.36. The molecule has 0 aliphatic heterocycles. The van der Waals surface area contributed by atoms with Crippen LogP contribution in [0.1, 0.15) is 35.6 Å². The van der Waals surface area contributed by atoms with Crippen LogP contribution in [0.5, 0.6) is 0 Å². The van der Waals surface area contributed by atoms with E-state index in [4.69, 9.17) is 4.74 Å². The van der Waals surface area contributed by atoms with Crippen LogP contribution in [0.15, 0.2) is 54.6 Å². The zero-order valence-electron chi connectivity index (χ0n) is 15.2. The molecule has 0 unspecified atom stereocenters. The summed E-state index contributed by atoms with van der Waals surface area (Å²) in [5.74, 6) is -1.36. The topological polar surface area (TPSA) is 46.6 Å². The Kier molecular flexibility index (Phi) is 6.01. The monoisotopic (exact) mass is 367 g/mol. The van der Waals surface area contributed by atoms with Gasteiger partial charge in [-0.15, -0.1) is 0 Å². The zero-order chi connectivity index (χ0) is 19.2. The van der Waals surface area contributed by atoms with Gasteiger partial charge >= 0.3 is 5.97 Å².